The van der Waals surface area contributed by atoms with Crippen molar-refractivity contribution in [3.8, 4) is 5.69 Å². The first-order valence-electron chi connectivity index (χ1n) is 9.44. The molecule has 1 aromatic carbocycles. The lowest BCUT2D eigenvalue weighted by Crippen LogP contribution is -2.12. The highest BCUT2D eigenvalue weighted by atomic mass is 32.2. The molecular weight excluding hydrogens is 434 g/mol. The number of nitrogens with zero attached hydrogens (tertiary/aromatic N) is 9. The van der Waals surface area contributed by atoms with Gasteiger partial charge in [0, 0.05) is 18.6 Å². The first kappa shape index (κ1) is 19.8. The molecule has 0 atom stereocenters. The summed E-state index contributed by atoms with van der Waals surface area (Å²) in [5.41, 5.74) is 2.25. The van der Waals surface area contributed by atoms with E-state index in [0.29, 0.717) is 35.9 Å². The highest BCUT2D eigenvalue weighted by Gasteiger charge is 2.13. The monoisotopic (exact) mass is 451 g/mol. The largest absolute Gasteiger partial charge is 0.321 e. The van der Waals surface area contributed by atoms with E-state index in [1.807, 2.05) is 23.1 Å². The van der Waals surface area contributed by atoms with E-state index in [0.717, 1.165) is 5.69 Å². The second-order valence-electron chi connectivity index (χ2n) is 6.83. The molecule has 0 radical (unpaired) electrons. The Morgan fingerprint density at radius 1 is 1.03 bits per heavy atom. The zero-order valence-corrected chi connectivity index (χ0v) is 17.3. The summed E-state index contributed by atoms with van der Waals surface area (Å²) in [5, 5.41) is 24.9. The van der Waals surface area contributed by atoms with Gasteiger partial charge in [0.05, 0.1) is 41.8 Å². The average molecular weight is 451 g/mol. The van der Waals surface area contributed by atoms with E-state index in [1.165, 1.54) is 16.8 Å². The molecule has 0 saturated heterocycles. The summed E-state index contributed by atoms with van der Waals surface area (Å²) >= 11 is 0. The third kappa shape index (κ3) is 4.03. The van der Waals surface area contributed by atoms with Gasteiger partial charge in [-0.1, -0.05) is 5.21 Å². The second kappa shape index (κ2) is 7.82. The number of nitrogens with one attached hydrogen (secondary N) is 1. The number of primary sulfonamides is 1. The molecule has 4 aromatic heterocycles. The average Bonchev–Trinajstić information content (AvgIpc) is 3.53. The molecule has 162 valence electrons. The molecule has 0 saturated carbocycles. The summed E-state index contributed by atoms with van der Waals surface area (Å²) in [6, 6.07) is 7.82. The van der Waals surface area contributed by atoms with Crippen LogP contribution >= 0.6 is 0 Å². The molecule has 0 aliphatic rings. The molecule has 0 aliphatic heterocycles. The van der Waals surface area contributed by atoms with Gasteiger partial charge < -0.3 is 5.32 Å². The molecule has 0 spiro atoms. The maximum Gasteiger partial charge on any atom is 0.238 e. The Morgan fingerprint density at radius 2 is 1.84 bits per heavy atom. The van der Waals surface area contributed by atoms with E-state index in [2.05, 4.69) is 35.8 Å². The van der Waals surface area contributed by atoms with Crippen LogP contribution < -0.4 is 10.5 Å². The number of aryl methyl sites for hydroxylation is 2. The van der Waals surface area contributed by atoms with Gasteiger partial charge in [0.2, 0.25) is 16.0 Å². The second-order valence-corrected chi connectivity index (χ2v) is 8.39. The van der Waals surface area contributed by atoms with Gasteiger partial charge in [0.25, 0.3) is 0 Å². The van der Waals surface area contributed by atoms with E-state index in [4.69, 9.17) is 5.14 Å². The van der Waals surface area contributed by atoms with E-state index in [9.17, 15) is 8.42 Å². The van der Waals surface area contributed by atoms with Crippen molar-refractivity contribution in [1.29, 1.82) is 0 Å². The number of hydrogen-bond acceptors (Lipinski definition) is 9. The molecule has 3 N–H and O–H groups in total. The van der Waals surface area contributed by atoms with Crippen molar-refractivity contribution in [2.45, 2.75) is 18.0 Å². The van der Waals surface area contributed by atoms with E-state index < -0.39 is 10.0 Å². The summed E-state index contributed by atoms with van der Waals surface area (Å²) in [5.74, 6) is 0.342. The predicted octanol–water partition coefficient (Wildman–Crippen LogP) is 0.695. The van der Waals surface area contributed by atoms with E-state index in [1.54, 1.807) is 35.4 Å². The van der Waals surface area contributed by atoms with Gasteiger partial charge in [-0.2, -0.15) is 19.9 Å². The summed E-state index contributed by atoms with van der Waals surface area (Å²) in [6.07, 6.45) is 8.70. The van der Waals surface area contributed by atoms with Gasteiger partial charge in [0.1, 0.15) is 0 Å². The Bertz CT molecular complexity index is 1470. The maximum atomic E-state index is 11.5. The number of fused-ring (bicyclic) bond motifs is 1. The molecule has 0 unspecified atom stereocenters. The molecule has 5 aromatic rings. The lowest BCUT2D eigenvalue weighted by molar-refractivity contribution is 0.500. The van der Waals surface area contributed by atoms with Crippen LogP contribution in [0.1, 0.15) is 0 Å². The van der Waals surface area contributed by atoms with Crippen LogP contribution in [0, 0.1) is 0 Å². The quantitative estimate of drug-likeness (QED) is 0.362. The molecule has 0 bridgehead atoms. The van der Waals surface area contributed by atoms with Crippen LogP contribution in [-0.2, 0) is 23.1 Å². The van der Waals surface area contributed by atoms with Crippen molar-refractivity contribution in [1.82, 2.24) is 44.5 Å². The van der Waals surface area contributed by atoms with Gasteiger partial charge in [-0.05, 0) is 30.3 Å². The van der Waals surface area contributed by atoms with Crippen LogP contribution in [0.2, 0.25) is 0 Å². The van der Waals surface area contributed by atoms with Crippen molar-refractivity contribution in [3.63, 3.8) is 0 Å². The predicted molar refractivity (Wildman–Crippen MR) is 114 cm³/mol. The van der Waals surface area contributed by atoms with Crippen LogP contribution in [-0.4, -0.2) is 52.9 Å². The van der Waals surface area contributed by atoms with E-state index >= 15 is 0 Å². The van der Waals surface area contributed by atoms with Gasteiger partial charge in [-0.3, -0.25) is 9.36 Å². The van der Waals surface area contributed by atoms with Crippen LogP contribution in [0.25, 0.3) is 16.9 Å². The number of rotatable bonds is 7. The van der Waals surface area contributed by atoms with Crippen LogP contribution in [0.4, 0.5) is 11.6 Å². The zero-order chi connectivity index (χ0) is 22.1. The summed E-state index contributed by atoms with van der Waals surface area (Å²) < 4.78 is 28.0. The van der Waals surface area contributed by atoms with Gasteiger partial charge >= 0.3 is 0 Å². The zero-order valence-electron chi connectivity index (χ0n) is 16.5. The van der Waals surface area contributed by atoms with Gasteiger partial charge in [0.15, 0.2) is 11.2 Å². The molecule has 0 aliphatic carbocycles. The van der Waals surface area contributed by atoms with Crippen molar-refractivity contribution in [2.75, 3.05) is 5.32 Å². The fraction of sp³-hybridized carbons (Fsp3) is 0.111. The fourth-order valence-corrected chi connectivity index (χ4v) is 3.57. The number of anilines is 2. The molecule has 4 heterocycles. The Morgan fingerprint density at radius 3 is 2.59 bits per heavy atom. The minimum absolute atomic E-state index is 0.00669. The Hall–Kier alpha value is -4.17. The highest BCUT2D eigenvalue weighted by molar-refractivity contribution is 7.89. The number of nitrogens with two attached hydrogens (primary N) is 1. The third-order valence-corrected chi connectivity index (χ3v) is 5.54. The lowest BCUT2D eigenvalue weighted by atomic mass is 10.3. The number of benzene rings is 1. The third-order valence-electron chi connectivity index (χ3n) is 4.61. The van der Waals surface area contributed by atoms with Crippen LogP contribution in [0.5, 0.6) is 0 Å². The van der Waals surface area contributed by atoms with Gasteiger partial charge in [-0.25, -0.2) is 18.5 Å². The van der Waals surface area contributed by atoms with Crippen LogP contribution in [0.3, 0.4) is 0 Å². The molecular formula is C18H17N11O2S. The first-order chi connectivity index (χ1) is 15.5. The smallest absolute Gasteiger partial charge is 0.238 e. The van der Waals surface area contributed by atoms with Crippen molar-refractivity contribution >= 4 is 32.8 Å². The Kier molecular flexibility index (Phi) is 4.84. The molecule has 32 heavy (non-hydrogen) atoms. The molecule has 5 rings (SSSR count). The normalized spacial score (nSPS) is 11.8. The Labute approximate surface area is 181 Å². The lowest BCUT2D eigenvalue weighted by Gasteiger charge is -2.05. The molecule has 0 amide bonds. The highest BCUT2D eigenvalue weighted by Crippen LogP contribution is 2.19. The van der Waals surface area contributed by atoms with Crippen LogP contribution in [0.15, 0.2) is 66.2 Å². The van der Waals surface area contributed by atoms with E-state index in [-0.39, 0.29) is 4.90 Å². The summed E-state index contributed by atoms with van der Waals surface area (Å²) in [7, 11) is -3.78. The number of hydrogen-bond donors (Lipinski definition) is 2. The SMILES string of the molecule is NS(=O)(=O)c1ccc(-n2nnc3cnc(Nc4cnn(CCn5cccn5)c4)nc32)cc1. The minimum atomic E-state index is -3.78. The summed E-state index contributed by atoms with van der Waals surface area (Å²) in [4.78, 5) is 8.77. The Balaban J connectivity index is 1.36. The van der Waals surface area contributed by atoms with Crippen molar-refractivity contribution in [3.05, 3.63) is 61.3 Å². The van der Waals surface area contributed by atoms with Crippen molar-refractivity contribution < 1.29 is 8.42 Å². The summed E-state index contributed by atoms with van der Waals surface area (Å²) in [6.45, 7) is 1.36. The van der Waals surface area contributed by atoms with Gasteiger partial charge in [-0.15, -0.1) is 5.10 Å². The first-order valence-corrected chi connectivity index (χ1v) is 11.0. The number of sulfonamides is 1. The molecule has 13 nitrogen and oxygen atoms in total. The molecule has 0 fully saturated rings. The standard InChI is InChI=1S/C18H17N11O2S/c19-32(30,31)15-4-2-14(3-5-15)29-17-16(25-26-29)11-20-18(24-17)23-13-10-22-28(12-13)9-8-27-7-1-6-21-27/h1-7,10-12H,8-9H2,(H2,19,30,31)(H,20,23,24). The molecule has 14 heteroatoms. The maximum absolute atomic E-state index is 11.5. The fourth-order valence-electron chi connectivity index (χ4n) is 3.06. The van der Waals surface area contributed by atoms with Crippen molar-refractivity contribution in [2.24, 2.45) is 5.14 Å². The topological polar surface area (TPSA) is 164 Å². The minimum Gasteiger partial charge on any atom is -0.321 e. The number of aromatic nitrogens is 9.